The van der Waals surface area contributed by atoms with Crippen molar-refractivity contribution in [3.8, 4) is 5.88 Å². The molecule has 4 aromatic carbocycles. The number of pyridine rings is 2. The minimum atomic E-state index is 0.0517. The highest BCUT2D eigenvalue weighted by Crippen LogP contribution is 2.21. The summed E-state index contributed by atoms with van der Waals surface area (Å²) in [5.41, 5.74) is 18.2. The molecule has 0 amide bonds. The van der Waals surface area contributed by atoms with E-state index in [1.54, 1.807) is 25.6 Å². The van der Waals surface area contributed by atoms with Crippen LogP contribution in [0.1, 0.15) is 56.5 Å². The summed E-state index contributed by atoms with van der Waals surface area (Å²) in [6.45, 7) is 7.87. The van der Waals surface area contributed by atoms with Gasteiger partial charge in [-0.2, -0.15) is 4.98 Å². The van der Waals surface area contributed by atoms with Crippen LogP contribution in [-0.4, -0.2) is 172 Å². The highest BCUT2D eigenvalue weighted by molar-refractivity contribution is 5.72. The summed E-state index contributed by atoms with van der Waals surface area (Å²) in [7, 11) is 3.55. The number of nitrogens with zero attached hydrogens (tertiary/aromatic N) is 10. The number of hydrogen-bond donors (Lipinski definition) is 8. The minimum Gasteiger partial charge on any atom is -0.481 e. The van der Waals surface area contributed by atoms with Crippen molar-refractivity contribution < 1.29 is 40.5 Å². The van der Waals surface area contributed by atoms with Gasteiger partial charge in [0.05, 0.1) is 76.1 Å². The molecule has 9 N–H and O–H groups in total. The van der Waals surface area contributed by atoms with Crippen molar-refractivity contribution >= 4 is 77.3 Å². The van der Waals surface area contributed by atoms with Crippen molar-refractivity contribution in [2.75, 3.05) is 132 Å². The fourth-order valence-electron chi connectivity index (χ4n) is 8.47. The zero-order chi connectivity index (χ0) is 62.4. The average molecular weight is 1180 g/mol. The quantitative estimate of drug-likeness (QED) is 0.0244. The number of aryl methyl sites for hydroxylation is 2. The zero-order valence-electron chi connectivity index (χ0n) is 50.1. The maximum atomic E-state index is 9.10. The summed E-state index contributed by atoms with van der Waals surface area (Å²) in [4.78, 5) is 33.0. The number of benzene rings is 4. The second-order valence-corrected chi connectivity index (χ2v) is 19.3. The van der Waals surface area contributed by atoms with Crippen LogP contribution in [0.15, 0.2) is 158 Å². The third-order valence-electron chi connectivity index (χ3n) is 12.9. The minimum absolute atomic E-state index is 0.0517. The van der Waals surface area contributed by atoms with Crippen LogP contribution in [0.25, 0.3) is 48.6 Å². The van der Waals surface area contributed by atoms with E-state index in [1.807, 2.05) is 216 Å². The Labute approximate surface area is 511 Å². The number of nitrogens with two attached hydrogens (primary N) is 1. The van der Waals surface area contributed by atoms with Crippen molar-refractivity contribution in [1.82, 2.24) is 29.9 Å². The second-order valence-electron chi connectivity index (χ2n) is 19.3. The summed E-state index contributed by atoms with van der Waals surface area (Å²) >= 11 is 0. The molecule has 0 aliphatic carbocycles. The zero-order valence-corrected chi connectivity index (χ0v) is 50.1. The molecule has 8 rings (SSSR count). The van der Waals surface area contributed by atoms with Gasteiger partial charge in [0.2, 0.25) is 11.8 Å². The predicted molar refractivity (Wildman–Crippen MR) is 354 cm³/mol. The Morgan fingerprint density at radius 3 is 1.06 bits per heavy atom. The van der Waals surface area contributed by atoms with Gasteiger partial charge in [0.15, 0.2) is 0 Å². The number of likely N-dealkylation sites (N-methyl/N-ethyl adjacent to an activating group) is 1. The smallest absolute Gasteiger partial charge is 0.220 e. The first-order chi connectivity index (χ1) is 42.4. The molecule has 0 atom stereocenters. The van der Waals surface area contributed by atoms with Gasteiger partial charge < -0.3 is 65.8 Å². The van der Waals surface area contributed by atoms with Gasteiger partial charge in [-0.1, -0.05) is 85.0 Å². The van der Waals surface area contributed by atoms with Gasteiger partial charge in [-0.3, -0.25) is 9.97 Å². The molecule has 19 nitrogen and oxygen atoms in total. The maximum absolute atomic E-state index is 9.10. The van der Waals surface area contributed by atoms with Crippen molar-refractivity contribution in [2.24, 2.45) is 0 Å². The molecule has 87 heavy (non-hydrogen) atoms. The van der Waals surface area contributed by atoms with E-state index in [1.165, 1.54) is 0 Å². The number of aliphatic hydroxyl groups excluding tert-OH is 7. The first-order valence-electron chi connectivity index (χ1n) is 28.6. The Morgan fingerprint density at radius 2 is 0.736 bits per heavy atom. The van der Waals surface area contributed by atoms with E-state index in [0.717, 1.165) is 73.5 Å². The van der Waals surface area contributed by atoms with Crippen LogP contribution < -0.4 is 30.1 Å². The largest absolute Gasteiger partial charge is 0.481 e. The van der Waals surface area contributed by atoms with E-state index >= 15 is 0 Å². The molecule has 0 saturated carbocycles. The molecule has 0 fully saturated rings. The van der Waals surface area contributed by atoms with E-state index < -0.39 is 0 Å². The third-order valence-corrected chi connectivity index (χ3v) is 12.9. The molecule has 4 aromatic heterocycles. The van der Waals surface area contributed by atoms with Gasteiger partial charge in [-0.05, 0) is 139 Å². The molecule has 0 aliphatic heterocycles. The standard InChI is InChI=1S/C18H23N3O3.C17H22N4O2.C17H20N2O2.C16H18N2O/c1-14-19-16(13-18(20-14)24-2)6-3-15-4-7-17(8-5-15)21(9-11-22)10-12-23;1-13-12-15(20-17(18)19-13)5-2-14-3-6-16(7-4-14)21(8-10-22)9-11-23;20-13-11-19(12-14-21)17-8-5-15(6-9-17)4-7-16-3-1-2-10-18-16;1-18(12-13-19)16-9-6-14(7-10-16)5-8-15-4-2-3-11-17-15/h3-8,13,22-23H,9-12H2,1-2H3;2-7,12,22-23H,8-11H2,1H3,(H2,18,19,20);1-10,20-21H,11-14H2;2-11,19H,12-13H2,1H3/b6-3+;5-2+;7-4+;8-5+. The molecule has 4 heterocycles. The lowest BCUT2D eigenvalue weighted by atomic mass is 10.1. The van der Waals surface area contributed by atoms with E-state index in [2.05, 4.69) is 42.0 Å². The fourth-order valence-corrected chi connectivity index (χ4v) is 8.47. The summed E-state index contributed by atoms with van der Waals surface area (Å²) in [5.74, 6) is 1.47. The van der Waals surface area contributed by atoms with E-state index in [4.69, 9.17) is 46.2 Å². The SMILES string of the molecule is CN(CCO)c1ccc(/C=C/c2ccccn2)cc1.COc1cc(/C=C/c2ccc(N(CCO)CCO)cc2)nc(C)n1.Cc1cc(/C=C/c2ccc(N(CCO)CCO)cc2)nc(N)n1.OCCN(CCO)c1ccc(/C=C/c2ccccn2)cc1. The summed E-state index contributed by atoms with van der Waals surface area (Å²) in [5, 5.41) is 63.4. The fraction of sp³-hybridized carbons (Fsp3) is 0.265. The molecule has 458 valence electrons. The normalized spacial score (nSPS) is 11.0. The summed E-state index contributed by atoms with van der Waals surface area (Å²) in [6, 6.07) is 47.3. The number of hydrogen-bond acceptors (Lipinski definition) is 19. The van der Waals surface area contributed by atoms with Crippen LogP contribution in [0.2, 0.25) is 0 Å². The number of methoxy groups -OCH3 is 1. The van der Waals surface area contributed by atoms with Gasteiger partial charge in [0, 0.05) is 99.8 Å². The first-order valence-corrected chi connectivity index (χ1v) is 28.6. The molecule has 0 spiro atoms. The topological polar surface area (TPSA) is 267 Å². The molecule has 8 aromatic rings. The Hall–Kier alpha value is -9.18. The van der Waals surface area contributed by atoms with Gasteiger partial charge in [0.25, 0.3) is 0 Å². The van der Waals surface area contributed by atoms with Crippen LogP contribution in [0.5, 0.6) is 5.88 Å². The Kier molecular flexibility index (Phi) is 31.1. The molecular weight excluding hydrogens is 1100 g/mol. The molecule has 0 radical (unpaired) electrons. The van der Waals surface area contributed by atoms with Crippen LogP contribution in [0.4, 0.5) is 28.7 Å². The van der Waals surface area contributed by atoms with Gasteiger partial charge in [-0.25, -0.2) is 15.0 Å². The highest BCUT2D eigenvalue weighted by Gasteiger charge is 2.08. The van der Waals surface area contributed by atoms with Crippen LogP contribution >= 0.6 is 0 Å². The van der Waals surface area contributed by atoms with E-state index in [9.17, 15) is 0 Å². The van der Waals surface area contributed by atoms with Crippen LogP contribution in [0, 0.1) is 13.8 Å². The van der Waals surface area contributed by atoms with Gasteiger partial charge >= 0.3 is 0 Å². The lowest BCUT2D eigenvalue weighted by Gasteiger charge is -2.22. The molecule has 0 saturated heterocycles. The molecular formula is C68H83N11O8. The summed E-state index contributed by atoms with van der Waals surface area (Å²) < 4.78 is 5.14. The number of aliphatic hydroxyl groups is 7. The maximum Gasteiger partial charge on any atom is 0.220 e. The monoisotopic (exact) mass is 1180 g/mol. The predicted octanol–water partition coefficient (Wildman–Crippen LogP) is 7.81. The van der Waals surface area contributed by atoms with Crippen molar-refractivity contribution in [2.45, 2.75) is 13.8 Å². The molecule has 19 heteroatoms. The van der Waals surface area contributed by atoms with Crippen LogP contribution in [-0.2, 0) is 0 Å². The molecule has 0 unspecified atom stereocenters. The Morgan fingerprint density at radius 1 is 0.391 bits per heavy atom. The van der Waals surface area contributed by atoms with Crippen LogP contribution in [0.3, 0.4) is 0 Å². The molecule has 0 aliphatic rings. The third kappa shape index (κ3) is 25.5. The second kappa shape index (κ2) is 39.4. The van der Waals surface area contributed by atoms with Crippen molar-refractivity contribution in [3.63, 3.8) is 0 Å². The Balaban J connectivity index is 0.000000212. The number of aromatic nitrogens is 6. The Bertz CT molecular complexity index is 3250. The highest BCUT2D eigenvalue weighted by atomic mass is 16.5. The first kappa shape index (κ1) is 68.6. The summed E-state index contributed by atoms with van der Waals surface area (Å²) in [6.07, 6.45) is 19.3. The lowest BCUT2D eigenvalue weighted by molar-refractivity contribution is 0.280. The van der Waals surface area contributed by atoms with Gasteiger partial charge in [0.1, 0.15) is 5.82 Å². The average Bonchev–Trinajstić information content (AvgIpc) is 3.72. The lowest BCUT2D eigenvalue weighted by Crippen LogP contribution is -2.29. The van der Waals surface area contributed by atoms with E-state index in [-0.39, 0.29) is 52.2 Å². The molecule has 0 bridgehead atoms. The van der Waals surface area contributed by atoms with Crippen molar-refractivity contribution in [3.05, 3.63) is 215 Å². The van der Waals surface area contributed by atoms with E-state index in [0.29, 0.717) is 57.5 Å². The number of nitrogen functional groups attached to an aromatic ring is 1. The van der Waals surface area contributed by atoms with Gasteiger partial charge in [-0.15, -0.1) is 0 Å². The number of ether oxygens (including phenoxy) is 1. The van der Waals surface area contributed by atoms with Crippen molar-refractivity contribution in [1.29, 1.82) is 0 Å². The number of rotatable bonds is 27. The number of anilines is 5.